The van der Waals surface area contributed by atoms with Gasteiger partial charge in [-0.05, 0) is 25.0 Å². The summed E-state index contributed by atoms with van der Waals surface area (Å²) in [7, 11) is 1.80. The second-order valence-electron chi connectivity index (χ2n) is 7.53. The number of piperidine rings is 1. The summed E-state index contributed by atoms with van der Waals surface area (Å²) in [5.74, 6) is -1.10. The highest BCUT2D eigenvalue weighted by atomic mass is 32.1. The molecule has 2 aromatic heterocycles. The van der Waals surface area contributed by atoms with Gasteiger partial charge in [-0.3, -0.25) is 14.3 Å². The Hall–Kier alpha value is -3.53. The van der Waals surface area contributed by atoms with Crippen LogP contribution in [0.15, 0.2) is 48.1 Å². The molecule has 1 saturated heterocycles. The van der Waals surface area contributed by atoms with Gasteiger partial charge in [0.1, 0.15) is 5.01 Å². The fourth-order valence-electron chi connectivity index (χ4n) is 3.48. The van der Waals surface area contributed by atoms with E-state index in [0.717, 1.165) is 11.3 Å². The van der Waals surface area contributed by atoms with Crippen molar-refractivity contribution < 1.29 is 19.1 Å². The average molecular weight is 454 g/mol. The van der Waals surface area contributed by atoms with Crippen molar-refractivity contribution in [2.45, 2.75) is 12.8 Å². The molecule has 0 bridgehead atoms. The minimum absolute atomic E-state index is 0.0392. The van der Waals surface area contributed by atoms with E-state index in [9.17, 15) is 14.4 Å². The summed E-state index contributed by atoms with van der Waals surface area (Å²) >= 11 is 1.31. The molecule has 4 rings (SSSR count). The van der Waals surface area contributed by atoms with Gasteiger partial charge in [0.05, 0.1) is 6.20 Å². The van der Waals surface area contributed by atoms with Crippen molar-refractivity contribution in [3.05, 3.63) is 53.8 Å². The second-order valence-corrected chi connectivity index (χ2v) is 8.39. The molecular weight excluding hydrogens is 430 g/mol. The van der Waals surface area contributed by atoms with Gasteiger partial charge in [0.2, 0.25) is 5.91 Å². The van der Waals surface area contributed by atoms with E-state index in [1.54, 1.807) is 34.4 Å². The van der Waals surface area contributed by atoms with Crippen molar-refractivity contribution >= 4 is 34.8 Å². The molecule has 0 spiro atoms. The highest BCUT2D eigenvalue weighted by molar-refractivity contribution is 7.13. The molecule has 10 heteroatoms. The Labute approximate surface area is 189 Å². The largest absolute Gasteiger partial charge is 0.451 e. The summed E-state index contributed by atoms with van der Waals surface area (Å²) in [5, 5.41) is 9.26. The third-order valence-electron chi connectivity index (χ3n) is 5.25. The maximum atomic E-state index is 12.5. The van der Waals surface area contributed by atoms with Gasteiger partial charge in [-0.1, -0.05) is 18.2 Å². The zero-order valence-electron chi connectivity index (χ0n) is 17.6. The summed E-state index contributed by atoms with van der Waals surface area (Å²) in [6.07, 6.45) is 4.61. The number of aromatic nitrogens is 3. The highest BCUT2D eigenvalue weighted by Crippen LogP contribution is 2.23. The van der Waals surface area contributed by atoms with E-state index in [1.807, 2.05) is 30.3 Å². The number of nitrogens with one attached hydrogen (secondary N) is 1. The summed E-state index contributed by atoms with van der Waals surface area (Å²) in [6.45, 7) is 0.551. The molecule has 1 N–H and O–H groups in total. The van der Waals surface area contributed by atoms with Crippen LogP contribution in [0.25, 0.3) is 10.6 Å². The summed E-state index contributed by atoms with van der Waals surface area (Å²) < 4.78 is 6.82. The van der Waals surface area contributed by atoms with Crippen molar-refractivity contribution in [3.63, 3.8) is 0 Å². The number of rotatable bonds is 6. The average Bonchev–Trinajstić information content (AvgIpc) is 3.47. The Balaban J connectivity index is 1.22. The van der Waals surface area contributed by atoms with E-state index in [-0.39, 0.29) is 30.0 Å². The number of aryl methyl sites for hydroxylation is 1. The number of nitrogens with zero attached hydrogens (tertiary/aromatic N) is 4. The van der Waals surface area contributed by atoms with Crippen LogP contribution in [0.2, 0.25) is 0 Å². The first kappa shape index (κ1) is 21.7. The van der Waals surface area contributed by atoms with E-state index < -0.39 is 5.97 Å². The predicted molar refractivity (Wildman–Crippen MR) is 119 cm³/mol. The van der Waals surface area contributed by atoms with Crippen molar-refractivity contribution in [1.29, 1.82) is 0 Å². The smallest absolute Gasteiger partial charge is 0.358 e. The Kier molecular flexibility index (Phi) is 6.60. The highest BCUT2D eigenvalue weighted by Gasteiger charge is 2.28. The van der Waals surface area contributed by atoms with Crippen molar-refractivity contribution in [3.8, 4) is 10.6 Å². The van der Waals surface area contributed by atoms with Gasteiger partial charge < -0.3 is 15.0 Å². The number of carbonyl (C=O) groups is 3. The topological polar surface area (TPSA) is 106 Å². The summed E-state index contributed by atoms with van der Waals surface area (Å²) in [6, 6.07) is 9.30. The van der Waals surface area contributed by atoms with Crippen LogP contribution in [-0.4, -0.2) is 57.1 Å². The lowest BCUT2D eigenvalue weighted by atomic mass is 9.95. The van der Waals surface area contributed by atoms with Crippen LogP contribution < -0.4 is 5.32 Å². The van der Waals surface area contributed by atoms with Crippen molar-refractivity contribution in [2.75, 3.05) is 25.0 Å². The molecule has 0 radical (unpaired) electrons. The molecule has 2 amide bonds. The Bertz CT molecular complexity index is 1100. The van der Waals surface area contributed by atoms with Gasteiger partial charge >= 0.3 is 5.97 Å². The van der Waals surface area contributed by atoms with E-state index in [2.05, 4.69) is 15.4 Å². The number of anilines is 1. The van der Waals surface area contributed by atoms with Crippen molar-refractivity contribution in [2.24, 2.45) is 13.0 Å². The number of para-hydroxylation sites is 1. The third kappa shape index (κ3) is 5.20. The lowest BCUT2D eigenvalue weighted by Crippen LogP contribution is -2.43. The minimum Gasteiger partial charge on any atom is -0.451 e. The predicted octanol–water partition coefficient (Wildman–Crippen LogP) is 2.58. The van der Waals surface area contributed by atoms with Crippen LogP contribution in [0.3, 0.4) is 0 Å². The molecule has 0 unspecified atom stereocenters. The second kappa shape index (κ2) is 9.73. The van der Waals surface area contributed by atoms with Gasteiger partial charge in [0, 0.05) is 48.9 Å². The van der Waals surface area contributed by atoms with E-state index in [1.165, 1.54) is 11.3 Å². The van der Waals surface area contributed by atoms with E-state index in [4.69, 9.17) is 4.74 Å². The van der Waals surface area contributed by atoms with Gasteiger partial charge in [-0.15, -0.1) is 11.3 Å². The number of ether oxygens (including phenoxy) is 1. The standard InChI is InChI=1S/C22H23N5O4S/c1-26-12-16(11-23-26)21-25-18(14-32-21)22(30)31-13-19(28)27-9-7-15(8-10-27)20(29)24-17-5-3-2-4-6-17/h2-6,11-12,14-15H,7-10,13H2,1H3,(H,24,29). The molecule has 1 aromatic carbocycles. The number of likely N-dealkylation sites (tertiary alicyclic amines) is 1. The number of carbonyl (C=O) groups excluding carboxylic acids is 3. The fourth-order valence-corrected chi connectivity index (χ4v) is 4.25. The number of benzene rings is 1. The molecule has 1 fully saturated rings. The number of amides is 2. The van der Waals surface area contributed by atoms with Crippen LogP contribution >= 0.6 is 11.3 Å². The van der Waals surface area contributed by atoms with Crippen LogP contribution in [0, 0.1) is 5.92 Å². The molecule has 0 saturated carbocycles. The molecule has 3 heterocycles. The van der Waals surface area contributed by atoms with Crippen LogP contribution in [0.5, 0.6) is 0 Å². The van der Waals surface area contributed by atoms with Gasteiger partial charge in [-0.25, -0.2) is 9.78 Å². The van der Waals surface area contributed by atoms with E-state index >= 15 is 0 Å². The molecule has 0 atom stereocenters. The number of hydrogen-bond acceptors (Lipinski definition) is 7. The Morgan fingerprint density at radius 2 is 1.94 bits per heavy atom. The zero-order valence-corrected chi connectivity index (χ0v) is 18.4. The molecule has 3 aromatic rings. The first-order chi connectivity index (χ1) is 15.5. The van der Waals surface area contributed by atoms with Crippen LogP contribution in [0.1, 0.15) is 23.3 Å². The number of thiazole rings is 1. The van der Waals surface area contributed by atoms with Crippen molar-refractivity contribution in [1.82, 2.24) is 19.7 Å². The monoisotopic (exact) mass is 453 g/mol. The summed E-state index contributed by atoms with van der Waals surface area (Å²) in [4.78, 5) is 43.0. The third-order valence-corrected chi connectivity index (χ3v) is 6.14. The maximum absolute atomic E-state index is 12.5. The lowest BCUT2D eigenvalue weighted by Gasteiger charge is -2.31. The Morgan fingerprint density at radius 3 is 2.62 bits per heavy atom. The molecule has 0 aliphatic carbocycles. The maximum Gasteiger partial charge on any atom is 0.358 e. The van der Waals surface area contributed by atoms with Crippen LogP contribution in [-0.2, 0) is 21.4 Å². The van der Waals surface area contributed by atoms with Gasteiger partial charge in [0.15, 0.2) is 12.3 Å². The fraction of sp³-hybridized carbons (Fsp3) is 0.318. The molecule has 9 nitrogen and oxygen atoms in total. The lowest BCUT2D eigenvalue weighted by molar-refractivity contribution is -0.137. The molecule has 32 heavy (non-hydrogen) atoms. The van der Waals surface area contributed by atoms with Gasteiger partial charge in [0.25, 0.3) is 5.91 Å². The SMILES string of the molecule is Cn1cc(-c2nc(C(=O)OCC(=O)N3CCC(C(=O)Nc4ccccc4)CC3)cs2)cn1. The minimum atomic E-state index is -0.637. The van der Waals surface area contributed by atoms with E-state index in [0.29, 0.717) is 30.9 Å². The van der Waals surface area contributed by atoms with Crippen LogP contribution in [0.4, 0.5) is 5.69 Å². The Morgan fingerprint density at radius 1 is 1.19 bits per heavy atom. The normalized spacial score (nSPS) is 14.2. The zero-order chi connectivity index (χ0) is 22.5. The molecular formula is C22H23N5O4S. The molecule has 1 aliphatic rings. The first-order valence-corrected chi connectivity index (χ1v) is 11.1. The number of esters is 1. The molecule has 166 valence electrons. The number of hydrogen-bond donors (Lipinski definition) is 1. The quantitative estimate of drug-likeness (QED) is 0.575. The molecule has 1 aliphatic heterocycles. The van der Waals surface area contributed by atoms with Gasteiger partial charge in [-0.2, -0.15) is 5.10 Å². The first-order valence-electron chi connectivity index (χ1n) is 10.2. The summed E-state index contributed by atoms with van der Waals surface area (Å²) in [5.41, 5.74) is 1.74.